The van der Waals surface area contributed by atoms with Gasteiger partial charge in [-0.2, -0.15) is 0 Å². The third kappa shape index (κ3) is 2.82. The SMILES string of the molecule is C=C/C(=C(C)\C=C/C)C1C=CC=CC1C. The standard InChI is InChI=1S/C15H20/c1-5-9-12(3)14(6-2)15-11-8-7-10-13(15)4/h5-11,13,15H,2H2,1,3-4H3/b9-5-,14-12+. The van der Waals surface area contributed by atoms with E-state index in [1.165, 1.54) is 11.1 Å². The van der Waals surface area contributed by atoms with Crippen molar-refractivity contribution in [3.63, 3.8) is 0 Å². The summed E-state index contributed by atoms with van der Waals surface area (Å²) in [6, 6.07) is 0. The smallest absolute Gasteiger partial charge is 0.00837 e. The second-order valence-corrected chi connectivity index (χ2v) is 4.00. The van der Waals surface area contributed by atoms with Gasteiger partial charge in [0, 0.05) is 5.92 Å². The van der Waals surface area contributed by atoms with Crippen molar-refractivity contribution in [3.05, 3.63) is 60.3 Å². The number of rotatable bonds is 3. The van der Waals surface area contributed by atoms with Crippen LogP contribution in [0.5, 0.6) is 0 Å². The third-order valence-corrected chi connectivity index (χ3v) is 2.86. The van der Waals surface area contributed by atoms with Crippen molar-refractivity contribution in [1.82, 2.24) is 0 Å². The van der Waals surface area contributed by atoms with Gasteiger partial charge in [0.25, 0.3) is 0 Å². The van der Waals surface area contributed by atoms with Gasteiger partial charge in [0.15, 0.2) is 0 Å². The summed E-state index contributed by atoms with van der Waals surface area (Å²) in [5, 5.41) is 0. The van der Waals surface area contributed by atoms with E-state index in [9.17, 15) is 0 Å². The molecule has 80 valence electrons. The molecule has 0 heterocycles. The van der Waals surface area contributed by atoms with Gasteiger partial charge in [0.1, 0.15) is 0 Å². The molecule has 0 fully saturated rings. The normalized spacial score (nSPS) is 26.9. The lowest BCUT2D eigenvalue weighted by atomic mass is 9.82. The lowest BCUT2D eigenvalue weighted by molar-refractivity contribution is 0.583. The molecule has 0 aromatic heterocycles. The topological polar surface area (TPSA) is 0 Å². The molecule has 0 N–H and O–H groups in total. The Hall–Kier alpha value is -1.30. The Balaban J connectivity index is 3.02. The summed E-state index contributed by atoms with van der Waals surface area (Å²) in [5.74, 6) is 1.03. The fourth-order valence-corrected chi connectivity index (χ4v) is 2.01. The summed E-state index contributed by atoms with van der Waals surface area (Å²) in [5.41, 5.74) is 2.64. The van der Waals surface area contributed by atoms with Crippen LogP contribution in [0.15, 0.2) is 60.3 Å². The molecule has 0 heteroatoms. The van der Waals surface area contributed by atoms with Gasteiger partial charge in [0.2, 0.25) is 0 Å². The Morgan fingerprint density at radius 1 is 1.27 bits per heavy atom. The monoisotopic (exact) mass is 200 g/mol. The first-order valence-electron chi connectivity index (χ1n) is 5.51. The Bertz CT molecular complexity index is 337. The van der Waals surface area contributed by atoms with Crippen LogP contribution in [0.25, 0.3) is 0 Å². The average Bonchev–Trinajstić information content (AvgIpc) is 2.22. The number of hydrogen-bond acceptors (Lipinski definition) is 0. The molecule has 0 bridgehead atoms. The van der Waals surface area contributed by atoms with Crippen molar-refractivity contribution in [2.75, 3.05) is 0 Å². The maximum atomic E-state index is 3.92. The summed E-state index contributed by atoms with van der Waals surface area (Å²) in [7, 11) is 0. The first-order valence-corrected chi connectivity index (χ1v) is 5.51. The highest BCUT2D eigenvalue weighted by molar-refractivity contribution is 5.37. The molecule has 0 saturated carbocycles. The van der Waals surface area contributed by atoms with Crippen molar-refractivity contribution < 1.29 is 0 Å². The fourth-order valence-electron chi connectivity index (χ4n) is 2.01. The molecule has 0 amide bonds. The van der Waals surface area contributed by atoms with Crippen LogP contribution in [0, 0.1) is 11.8 Å². The van der Waals surface area contributed by atoms with E-state index in [-0.39, 0.29) is 0 Å². The maximum absolute atomic E-state index is 3.92. The third-order valence-electron chi connectivity index (χ3n) is 2.86. The van der Waals surface area contributed by atoms with E-state index in [1.54, 1.807) is 0 Å². The van der Waals surface area contributed by atoms with Crippen LogP contribution >= 0.6 is 0 Å². The second-order valence-electron chi connectivity index (χ2n) is 4.00. The van der Waals surface area contributed by atoms with Crippen LogP contribution in [0.1, 0.15) is 20.8 Å². The van der Waals surface area contributed by atoms with Crippen LogP contribution in [-0.4, -0.2) is 0 Å². The van der Waals surface area contributed by atoms with Gasteiger partial charge in [-0.05, 0) is 30.9 Å². The molecular weight excluding hydrogens is 180 g/mol. The summed E-state index contributed by atoms with van der Waals surface area (Å²) in [4.78, 5) is 0. The molecule has 0 aromatic carbocycles. The minimum Gasteiger partial charge on any atom is -0.0988 e. The molecule has 0 spiro atoms. The van der Waals surface area contributed by atoms with Crippen LogP contribution < -0.4 is 0 Å². The van der Waals surface area contributed by atoms with E-state index in [4.69, 9.17) is 0 Å². The highest BCUT2D eigenvalue weighted by Gasteiger charge is 2.17. The lowest BCUT2D eigenvalue weighted by Crippen LogP contribution is -2.12. The fraction of sp³-hybridized carbons (Fsp3) is 0.333. The minimum absolute atomic E-state index is 0.476. The van der Waals surface area contributed by atoms with Gasteiger partial charge >= 0.3 is 0 Å². The molecule has 0 nitrogen and oxygen atoms in total. The van der Waals surface area contributed by atoms with Gasteiger partial charge in [0.05, 0.1) is 0 Å². The predicted octanol–water partition coefficient (Wildman–Crippen LogP) is 4.44. The number of allylic oxidation sites excluding steroid dienone is 9. The van der Waals surface area contributed by atoms with Crippen LogP contribution in [0.2, 0.25) is 0 Å². The molecule has 0 aromatic rings. The molecule has 0 radical (unpaired) electrons. The van der Waals surface area contributed by atoms with Crippen LogP contribution in [0.4, 0.5) is 0 Å². The lowest BCUT2D eigenvalue weighted by Gasteiger charge is -2.23. The van der Waals surface area contributed by atoms with Gasteiger partial charge in [-0.3, -0.25) is 0 Å². The van der Waals surface area contributed by atoms with E-state index >= 15 is 0 Å². The van der Waals surface area contributed by atoms with Crippen molar-refractivity contribution in [1.29, 1.82) is 0 Å². The molecule has 2 atom stereocenters. The Labute approximate surface area is 93.4 Å². The van der Waals surface area contributed by atoms with Gasteiger partial charge in [-0.25, -0.2) is 0 Å². The highest BCUT2D eigenvalue weighted by atomic mass is 14.2. The summed E-state index contributed by atoms with van der Waals surface area (Å²) in [6.45, 7) is 10.4. The molecule has 1 aliphatic rings. The Morgan fingerprint density at radius 2 is 1.93 bits per heavy atom. The zero-order chi connectivity index (χ0) is 11.3. The van der Waals surface area contributed by atoms with Crippen molar-refractivity contribution in [2.45, 2.75) is 20.8 Å². The minimum atomic E-state index is 0.476. The van der Waals surface area contributed by atoms with E-state index < -0.39 is 0 Å². The summed E-state index contributed by atoms with van der Waals surface area (Å²) >= 11 is 0. The van der Waals surface area contributed by atoms with E-state index in [0.717, 1.165) is 0 Å². The summed E-state index contributed by atoms with van der Waals surface area (Å²) in [6.07, 6.45) is 15.0. The maximum Gasteiger partial charge on any atom is 0.00837 e. The molecule has 2 unspecified atom stereocenters. The Morgan fingerprint density at radius 3 is 2.47 bits per heavy atom. The van der Waals surface area contributed by atoms with Crippen molar-refractivity contribution >= 4 is 0 Å². The zero-order valence-corrected chi connectivity index (χ0v) is 9.90. The molecule has 0 saturated heterocycles. The van der Waals surface area contributed by atoms with E-state index in [0.29, 0.717) is 11.8 Å². The van der Waals surface area contributed by atoms with Crippen LogP contribution in [0.3, 0.4) is 0 Å². The van der Waals surface area contributed by atoms with E-state index in [1.807, 2.05) is 13.0 Å². The second kappa shape index (κ2) is 5.55. The summed E-state index contributed by atoms with van der Waals surface area (Å²) < 4.78 is 0. The largest absolute Gasteiger partial charge is 0.0988 e. The molecule has 15 heavy (non-hydrogen) atoms. The highest BCUT2D eigenvalue weighted by Crippen LogP contribution is 2.29. The quantitative estimate of drug-likeness (QED) is 0.591. The number of hydrogen-bond donors (Lipinski definition) is 0. The molecule has 1 rings (SSSR count). The molecule has 0 aliphatic heterocycles. The predicted molar refractivity (Wildman–Crippen MR) is 68.6 cm³/mol. The van der Waals surface area contributed by atoms with Crippen molar-refractivity contribution in [3.8, 4) is 0 Å². The van der Waals surface area contributed by atoms with Gasteiger partial charge < -0.3 is 0 Å². The van der Waals surface area contributed by atoms with Crippen molar-refractivity contribution in [2.24, 2.45) is 11.8 Å². The van der Waals surface area contributed by atoms with Gasteiger partial charge in [-0.1, -0.05) is 56.0 Å². The molecular formula is C15H20. The average molecular weight is 200 g/mol. The zero-order valence-electron chi connectivity index (χ0n) is 9.90. The molecule has 1 aliphatic carbocycles. The first kappa shape index (κ1) is 11.8. The van der Waals surface area contributed by atoms with E-state index in [2.05, 4.69) is 56.9 Å². The Kier molecular flexibility index (Phi) is 4.36. The van der Waals surface area contributed by atoms with Gasteiger partial charge in [-0.15, -0.1) is 0 Å². The first-order chi connectivity index (χ1) is 7.20. The van der Waals surface area contributed by atoms with Crippen LogP contribution in [-0.2, 0) is 0 Å².